The summed E-state index contributed by atoms with van der Waals surface area (Å²) in [5.41, 5.74) is 11.6. The Labute approximate surface area is 153 Å². The molecule has 4 amide bonds. The zero-order valence-electron chi connectivity index (χ0n) is 15.3. The van der Waals surface area contributed by atoms with Gasteiger partial charge in [-0.25, -0.2) is 4.79 Å². The Balaban J connectivity index is 1.87. The van der Waals surface area contributed by atoms with Crippen LogP contribution in [0.4, 0.5) is 10.5 Å². The van der Waals surface area contributed by atoms with Gasteiger partial charge in [-0.3, -0.25) is 20.4 Å². The molecule has 8 nitrogen and oxygen atoms in total. The van der Waals surface area contributed by atoms with Gasteiger partial charge in [-0.1, -0.05) is 0 Å². The molecule has 0 unspecified atom stereocenters. The Kier molecular flexibility index (Phi) is 6.82. The molecular formula is C18H27N5O3. The summed E-state index contributed by atoms with van der Waals surface area (Å²) < 4.78 is 0. The van der Waals surface area contributed by atoms with Gasteiger partial charge in [0.2, 0.25) is 5.91 Å². The second-order valence-electron chi connectivity index (χ2n) is 6.29. The maximum atomic E-state index is 12.2. The number of benzene rings is 1. The lowest BCUT2D eigenvalue weighted by atomic mass is 9.98. The summed E-state index contributed by atoms with van der Waals surface area (Å²) in [6.07, 6.45) is 1.37. The fourth-order valence-corrected chi connectivity index (χ4v) is 3.10. The van der Waals surface area contributed by atoms with Crippen molar-refractivity contribution < 1.29 is 14.4 Å². The zero-order valence-corrected chi connectivity index (χ0v) is 15.3. The van der Waals surface area contributed by atoms with E-state index in [9.17, 15) is 14.4 Å². The topological polar surface area (TPSA) is 108 Å². The van der Waals surface area contributed by atoms with Crippen LogP contribution in [0.5, 0.6) is 0 Å². The fourth-order valence-electron chi connectivity index (χ4n) is 3.10. The van der Waals surface area contributed by atoms with E-state index >= 15 is 0 Å². The van der Waals surface area contributed by atoms with Crippen LogP contribution >= 0.6 is 0 Å². The van der Waals surface area contributed by atoms with Crippen LogP contribution in [0.15, 0.2) is 24.3 Å². The molecule has 2 rings (SSSR count). The molecule has 1 aliphatic heterocycles. The number of carbonyl (C=O) groups excluding carboxylic acids is 3. The van der Waals surface area contributed by atoms with E-state index in [-0.39, 0.29) is 24.3 Å². The normalized spacial score (nSPS) is 16.7. The Bertz CT molecular complexity index is 643. The highest BCUT2D eigenvalue weighted by Crippen LogP contribution is 2.16. The standard InChI is InChI=1S/C18H27N5O3/c1-3-22(4-2)15-9-7-13(8-10-15)16(24)20-21-17(25)14-6-5-11-23(12-14)18(19)26/h7-10,14H,3-6,11-12H2,1-2H3,(H2,19,26)(H,20,24)(H,21,25)/t14-/m1/s1. The van der Waals surface area contributed by atoms with Crippen molar-refractivity contribution >= 4 is 23.5 Å². The third-order valence-corrected chi connectivity index (χ3v) is 4.66. The van der Waals surface area contributed by atoms with Crippen molar-refractivity contribution in [2.75, 3.05) is 31.1 Å². The quantitative estimate of drug-likeness (QED) is 0.682. The summed E-state index contributed by atoms with van der Waals surface area (Å²) in [5, 5.41) is 0. The third-order valence-electron chi connectivity index (χ3n) is 4.66. The molecule has 1 aliphatic rings. The van der Waals surface area contributed by atoms with Crippen LogP contribution in [-0.4, -0.2) is 48.9 Å². The minimum atomic E-state index is -0.528. The molecule has 0 radical (unpaired) electrons. The van der Waals surface area contributed by atoms with E-state index in [2.05, 4.69) is 29.6 Å². The van der Waals surface area contributed by atoms with Crippen LogP contribution in [0.3, 0.4) is 0 Å². The van der Waals surface area contributed by atoms with Crippen LogP contribution in [0, 0.1) is 5.92 Å². The van der Waals surface area contributed by atoms with Gasteiger partial charge in [0.1, 0.15) is 0 Å². The summed E-state index contributed by atoms with van der Waals surface area (Å²) in [6.45, 7) is 6.76. The lowest BCUT2D eigenvalue weighted by Crippen LogP contribution is -2.50. The number of hydrogen-bond acceptors (Lipinski definition) is 4. The van der Waals surface area contributed by atoms with Gasteiger partial charge in [-0.15, -0.1) is 0 Å². The number of piperidine rings is 1. The number of nitrogens with one attached hydrogen (secondary N) is 2. The largest absolute Gasteiger partial charge is 0.372 e. The number of hydrazine groups is 1. The second-order valence-corrected chi connectivity index (χ2v) is 6.29. The van der Waals surface area contributed by atoms with Crippen molar-refractivity contribution in [3.8, 4) is 0 Å². The molecule has 0 bridgehead atoms. The van der Waals surface area contributed by atoms with Crippen molar-refractivity contribution in [3.63, 3.8) is 0 Å². The monoisotopic (exact) mass is 361 g/mol. The first kappa shape index (κ1) is 19.6. The number of hydrogen-bond donors (Lipinski definition) is 3. The van der Waals surface area contributed by atoms with E-state index in [1.807, 2.05) is 12.1 Å². The number of carbonyl (C=O) groups is 3. The first-order valence-electron chi connectivity index (χ1n) is 8.95. The van der Waals surface area contributed by atoms with E-state index in [0.29, 0.717) is 24.9 Å². The molecule has 8 heteroatoms. The number of amides is 4. The van der Waals surface area contributed by atoms with E-state index < -0.39 is 6.03 Å². The third kappa shape index (κ3) is 4.87. The predicted octanol–water partition coefficient (Wildman–Crippen LogP) is 1.08. The highest BCUT2D eigenvalue weighted by molar-refractivity contribution is 5.96. The van der Waals surface area contributed by atoms with Gasteiger partial charge in [0.15, 0.2) is 0 Å². The van der Waals surface area contributed by atoms with Gasteiger partial charge < -0.3 is 15.5 Å². The lowest BCUT2D eigenvalue weighted by molar-refractivity contribution is -0.127. The minimum Gasteiger partial charge on any atom is -0.372 e. The molecular weight excluding hydrogens is 334 g/mol. The number of primary amides is 1. The molecule has 0 aromatic heterocycles. The summed E-state index contributed by atoms with van der Waals surface area (Å²) in [4.78, 5) is 39.3. The summed E-state index contributed by atoms with van der Waals surface area (Å²) >= 11 is 0. The molecule has 1 aromatic rings. The zero-order chi connectivity index (χ0) is 19.1. The number of anilines is 1. The van der Waals surface area contributed by atoms with Crippen LogP contribution in [0.25, 0.3) is 0 Å². The first-order valence-corrected chi connectivity index (χ1v) is 8.95. The summed E-state index contributed by atoms with van der Waals surface area (Å²) in [6, 6.07) is 6.69. The van der Waals surface area contributed by atoms with E-state index in [4.69, 9.17) is 5.73 Å². The van der Waals surface area contributed by atoms with Crippen LogP contribution < -0.4 is 21.5 Å². The van der Waals surface area contributed by atoms with E-state index in [1.165, 1.54) is 4.90 Å². The second kappa shape index (κ2) is 9.07. The highest BCUT2D eigenvalue weighted by Gasteiger charge is 2.27. The van der Waals surface area contributed by atoms with Crippen LogP contribution in [0.1, 0.15) is 37.0 Å². The van der Waals surface area contributed by atoms with Crippen molar-refractivity contribution in [1.82, 2.24) is 15.8 Å². The van der Waals surface area contributed by atoms with Crippen molar-refractivity contribution in [1.29, 1.82) is 0 Å². The van der Waals surface area contributed by atoms with Crippen molar-refractivity contribution in [2.24, 2.45) is 11.7 Å². The average molecular weight is 361 g/mol. The molecule has 26 heavy (non-hydrogen) atoms. The maximum Gasteiger partial charge on any atom is 0.314 e. The van der Waals surface area contributed by atoms with Crippen LogP contribution in [-0.2, 0) is 4.79 Å². The van der Waals surface area contributed by atoms with Gasteiger partial charge in [-0.2, -0.15) is 0 Å². The van der Waals surface area contributed by atoms with Crippen molar-refractivity contribution in [2.45, 2.75) is 26.7 Å². The Morgan fingerprint density at radius 2 is 1.81 bits per heavy atom. The molecule has 142 valence electrons. The molecule has 1 atom stereocenters. The Morgan fingerprint density at radius 3 is 2.38 bits per heavy atom. The van der Waals surface area contributed by atoms with Crippen LogP contribution in [0.2, 0.25) is 0 Å². The molecule has 1 saturated heterocycles. The van der Waals surface area contributed by atoms with Gasteiger partial charge in [0.25, 0.3) is 5.91 Å². The number of urea groups is 1. The maximum absolute atomic E-state index is 12.2. The average Bonchev–Trinajstić information content (AvgIpc) is 2.67. The molecule has 1 aromatic carbocycles. The smallest absolute Gasteiger partial charge is 0.314 e. The molecule has 1 heterocycles. The Hall–Kier alpha value is -2.77. The lowest BCUT2D eigenvalue weighted by Gasteiger charge is -2.30. The molecule has 0 saturated carbocycles. The fraction of sp³-hybridized carbons (Fsp3) is 0.500. The number of rotatable bonds is 5. The van der Waals surface area contributed by atoms with Gasteiger partial charge in [-0.05, 0) is 51.0 Å². The van der Waals surface area contributed by atoms with Gasteiger partial charge >= 0.3 is 6.03 Å². The molecule has 1 fully saturated rings. The van der Waals surface area contributed by atoms with E-state index in [0.717, 1.165) is 18.8 Å². The first-order chi connectivity index (χ1) is 12.5. The number of likely N-dealkylation sites (tertiary alicyclic amines) is 1. The molecule has 0 aliphatic carbocycles. The Morgan fingerprint density at radius 1 is 1.15 bits per heavy atom. The highest BCUT2D eigenvalue weighted by atomic mass is 16.2. The minimum absolute atomic E-state index is 0.273. The number of nitrogens with zero attached hydrogens (tertiary/aromatic N) is 2. The molecule has 4 N–H and O–H groups in total. The predicted molar refractivity (Wildman–Crippen MR) is 99.5 cm³/mol. The summed E-state index contributed by atoms with van der Waals surface area (Å²) in [7, 11) is 0. The molecule has 0 spiro atoms. The number of nitrogens with two attached hydrogens (primary N) is 1. The SMILES string of the molecule is CCN(CC)c1ccc(C(=O)NNC(=O)[C@@H]2CCCN(C(N)=O)C2)cc1. The summed E-state index contributed by atoms with van der Waals surface area (Å²) in [5.74, 6) is -1.07. The van der Waals surface area contributed by atoms with E-state index in [1.54, 1.807) is 12.1 Å². The van der Waals surface area contributed by atoms with Gasteiger partial charge in [0.05, 0.1) is 5.92 Å². The van der Waals surface area contributed by atoms with Crippen molar-refractivity contribution in [3.05, 3.63) is 29.8 Å². The van der Waals surface area contributed by atoms with Gasteiger partial charge in [0, 0.05) is 37.4 Å².